The first-order chi connectivity index (χ1) is 9.01. The summed E-state index contributed by atoms with van der Waals surface area (Å²) < 4.78 is 36.1. The summed E-state index contributed by atoms with van der Waals surface area (Å²) in [5.41, 5.74) is 0. The second kappa shape index (κ2) is 8.04. The van der Waals surface area contributed by atoms with E-state index in [0.717, 1.165) is 6.42 Å². The predicted molar refractivity (Wildman–Crippen MR) is 72.7 cm³/mol. The lowest BCUT2D eigenvalue weighted by Crippen LogP contribution is -2.38. The quantitative estimate of drug-likeness (QED) is 0.625. The lowest BCUT2D eigenvalue weighted by molar-refractivity contribution is -0.132. The molecular weight excluding hydrogens is 275 g/mol. The Morgan fingerprint density at radius 3 is 2.74 bits per heavy atom. The molecule has 0 amide bonds. The fourth-order valence-electron chi connectivity index (χ4n) is 1.40. The van der Waals surface area contributed by atoms with Gasteiger partial charge >= 0.3 is 6.18 Å². The third kappa shape index (κ3) is 7.71. The fourth-order valence-corrected chi connectivity index (χ4v) is 2.10. The van der Waals surface area contributed by atoms with Gasteiger partial charge in [0.05, 0.1) is 13.0 Å². The van der Waals surface area contributed by atoms with Crippen LogP contribution in [0.1, 0.15) is 18.2 Å². The highest BCUT2D eigenvalue weighted by atomic mass is 32.1. The summed E-state index contributed by atoms with van der Waals surface area (Å²) in [6.45, 7) is 2.90. The van der Waals surface area contributed by atoms with Gasteiger partial charge in [0, 0.05) is 18.0 Å². The Morgan fingerprint density at radius 2 is 2.16 bits per heavy atom. The molecule has 1 rings (SSSR count). The Labute approximate surface area is 114 Å². The van der Waals surface area contributed by atoms with Crippen molar-refractivity contribution in [3.8, 4) is 0 Å². The van der Waals surface area contributed by atoms with Crippen molar-refractivity contribution in [2.24, 2.45) is 4.99 Å². The first-order valence-corrected chi connectivity index (χ1v) is 7.00. The van der Waals surface area contributed by atoms with E-state index in [1.165, 1.54) is 4.88 Å². The third-order valence-electron chi connectivity index (χ3n) is 2.25. The van der Waals surface area contributed by atoms with Gasteiger partial charge in [-0.15, -0.1) is 11.3 Å². The van der Waals surface area contributed by atoms with Gasteiger partial charge in [-0.2, -0.15) is 13.2 Å². The number of thiophene rings is 1. The Kier molecular flexibility index (Phi) is 6.69. The van der Waals surface area contributed by atoms with E-state index in [9.17, 15) is 13.2 Å². The highest BCUT2D eigenvalue weighted by molar-refractivity contribution is 7.09. The number of nitrogens with zero attached hydrogens (tertiary/aromatic N) is 1. The molecule has 0 bridgehead atoms. The summed E-state index contributed by atoms with van der Waals surface area (Å²) in [7, 11) is 0. The summed E-state index contributed by atoms with van der Waals surface area (Å²) in [5.74, 6) is 0.434. The lowest BCUT2D eigenvalue weighted by atomic mass is 10.3. The predicted octanol–water partition coefficient (Wildman–Crippen LogP) is 2.80. The van der Waals surface area contributed by atoms with E-state index in [2.05, 4.69) is 15.6 Å². The van der Waals surface area contributed by atoms with Gasteiger partial charge in [-0.25, -0.2) is 0 Å². The molecule has 0 spiro atoms. The average molecular weight is 293 g/mol. The lowest BCUT2D eigenvalue weighted by Gasteiger charge is -2.11. The molecule has 0 aliphatic rings. The Hall–Kier alpha value is -1.24. The molecule has 7 heteroatoms. The second-order valence-corrected chi connectivity index (χ2v) is 4.91. The summed E-state index contributed by atoms with van der Waals surface area (Å²) >= 11 is 1.66. The van der Waals surface area contributed by atoms with E-state index in [0.29, 0.717) is 19.0 Å². The first-order valence-electron chi connectivity index (χ1n) is 6.12. The van der Waals surface area contributed by atoms with E-state index in [4.69, 9.17) is 0 Å². The maximum absolute atomic E-state index is 12.0. The fraction of sp³-hybridized carbons (Fsp3) is 0.583. The van der Waals surface area contributed by atoms with Crippen molar-refractivity contribution in [1.82, 2.24) is 10.6 Å². The van der Waals surface area contributed by atoms with Crippen LogP contribution >= 0.6 is 11.3 Å². The van der Waals surface area contributed by atoms with Gasteiger partial charge in [0.15, 0.2) is 5.96 Å². The number of hydrogen-bond acceptors (Lipinski definition) is 2. The molecular formula is C12H18F3N3S. The maximum Gasteiger partial charge on any atom is 0.390 e. The molecule has 3 nitrogen and oxygen atoms in total. The topological polar surface area (TPSA) is 36.4 Å². The molecule has 0 saturated heterocycles. The molecule has 1 aromatic rings. The standard InChI is InChI=1S/C12H18F3N3S/c1-2-16-11(18-8-6-12(13,14)15)17-7-5-10-4-3-9-19-10/h3-4,9H,2,5-8H2,1H3,(H2,16,17,18). The molecule has 0 fully saturated rings. The largest absolute Gasteiger partial charge is 0.390 e. The molecule has 0 unspecified atom stereocenters. The number of halogens is 3. The second-order valence-electron chi connectivity index (χ2n) is 3.88. The van der Waals surface area contributed by atoms with Crippen LogP contribution in [0.4, 0.5) is 13.2 Å². The van der Waals surface area contributed by atoms with Gasteiger partial charge in [-0.05, 0) is 24.8 Å². The van der Waals surface area contributed by atoms with Crippen LogP contribution in [0, 0.1) is 0 Å². The van der Waals surface area contributed by atoms with Crippen LogP contribution in [0.15, 0.2) is 22.5 Å². The zero-order valence-corrected chi connectivity index (χ0v) is 11.6. The van der Waals surface area contributed by atoms with Crippen molar-refractivity contribution < 1.29 is 13.2 Å². The Morgan fingerprint density at radius 1 is 1.37 bits per heavy atom. The first kappa shape index (κ1) is 15.8. The Bertz CT molecular complexity index is 374. The van der Waals surface area contributed by atoms with Crippen molar-refractivity contribution in [3.63, 3.8) is 0 Å². The molecule has 0 aliphatic heterocycles. The van der Waals surface area contributed by atoms with Crippen LogP contribution in [0.3, 0.4) is 0 Å². The summed E-state index contributed by atoms with van der Waals surface area (Å²) in [6, 6.07) is 4.00. The summed E-state index contributed by atoms with van der Waals surface area (Å²) in [5, 5.41) is 7.95. The van der Waals surface area contributed by atoms with Gasteiger partial charge in [-0.1, -0.05) is 6.07 Å². The zero-order chi connectivity index (χ0) is 14.1. The van der Waals surface area contributed by atoms with Gasteiger partial charge in [-0.3, -0.25) is 4.99 Å². The SMILES string of the molecule is CCNC(=NCCC(F)(F)F)NCCc1cccs1. The van der Waals surface area contributed by atoms with Crippen LogP contribution in [0.25, 0.3) is 0 Å². The van der Waals surface area contributed by atoms with Gasteiger partial charge in [0.1, 0.15) is 0 Å². The van der Waals surface area contributed by atoms with E-state index in [1.54, 1.807) is 11.3 Å². The van der Waals surface area contributed by atoms with Crippen molar-refractivity contribution in [2.75, 3.05) is 19.6 Å². The number of nitrogens with one attached hydrogen (secondary N) is 2. The van der Waals surface area contributed by atoms with Crippen molar-refractivity contribution >= 4 is 17.3 Å². The van der Waals surface area contributed by atoms with E-state index in [1.807, 2.05) is 24.4 Å². The van der Waals surface area contributed by atoms with Crippen LogP contribution in [0.5, 0.6) is 0 Å². The minimum absolute atomic E-state index is 0.252. The van der Waals surface area contributed by atoms with Crippen LogP contribution in [-0.4, -0.2) is 31.8 Å². The highest BCUT2D eigenvalue weighted by Crippen LogP contribution is 2.18. The van der Waals surface area contributed by atoms with Crippen LogP contribution < -0.4 is 10.6 Å². The van der Waals surface area contributed by atoms with E-state index >= 15 is 0 Å². The molecule has 2 N–H and O–H groups in total. The highest BCUT2D eigenvalue weighted by Gasteiger charge is 2.26. The van der Waals surface area contributed by atoms with Gasteiger partial charge < -0.3 is 10.6 Å². The van der Waals surface area contributed by atoms with Crippen molar-refractivity contribution in [2.45, 2.75) is 25.9 Å². The van der Waals surface area contributed by atoms with Crippen molar-refractivity contribution in [1.29, 1.82) is 0 Å². The molecule has 0 saturated carbocycles. The minimum atomic E-state index is -4.15. The summed E-state index contributed by atoms with van der Waals surface area (Å²) in [4.78, 5) is 5.13. The number of aliphatic imine (C=N–C) groups is 1. The molecule has 0 aromatic carbocycles. The number of alkyl halides is 3. The zero-order valence-electron chi connectivity index (χ0n) is 10.8. The van der Waals surface area contributed by atoms with E-state index < -0.39 is 12.6 Å². The van der Waals surface area contributed by atoms with Gasteiger partial charge in [0.25, 0.3) is 0 Å². The summed E-state index contributed by atoms with van der Waals surface area (Å²) in [6.07, 6.45) is -4.21. The normalized spacial score (nSPS) is 12.5. The third-order valence-corrected chi connectivity index (χ3v) is 3.19. The molecule has 0 aliphatic carbocycles. The molecule has 1 heterocycles. The van der Waals surface area contributed by atoms with E-state index in [-0.39, 0.29) is 6.54 Å². The maximum atomic E-state index is 12.0. The average Bonchev–Trinajstić information content (AvgIpc) is 2.80. The molecule has 108 valence electrons. The van der Waals surface area contributed by atoms with Crippen LogP contribution in [-0.2, 0) is 6.42 Å². The monoisotopic (exact) mass is 293 g/mol. The molecule has 0 atom stereocenters. The smallest absolute Gasteiger partial charge is 0.357 e. The van der Waals surface area contributed by atoms with Crippen LogP contribution in [0.2, 0.25) is 0 Å². The number of hydrogen-bond donors (Lipinski definition) is 2. The van der Waals surface area contributed by atoms with Gasteiger partial charge in [0.2, 0.25) is 0 Å². The molecule has 1 aromatic heterocycles. The van der Waals surface area contributed by atoms with Crippen molar-refractivity contribution in [3.05, 3.63) is 22.4 Å². The molecule has 0 radical (unpaired) electrons. The molecule has 19 heavy (non-hydrogen) atoms. The number of guanidine groups is 1. The minimum Gasteiger partial charge on any atom is -0.357 e. The number of rotatable bonds is 6. The Balaban J connectivity index is 2.32.